The van der Waals surface area contributed by atoms with Gasteiger partial charge in [-0.1, -0.05) is 18.2 Å². The highest BCUT2D eigenvalue weighted by atomic mass is 32.1. The monoisotopic (exact) mass is 392 g/mol. The van der Waals surface area contributed by atoms with Crippen molar-refractivity contribution in [2.24, 2.45) is 5.73 Å². The molecule has 2 N–H and O–H groups in total. The Morgan fingerprint density at radius 2 is 2.07 bits per heavy atom. The van der Waals surface area contributed by atoms with Crippen LogP contribution in [0.2, 0.25) is 0 Å². The largest absolute Gasteiger partial charge is 0.365 e. The molecule has 0 aliphatic carbocycles. The van der Waals surface area contributed by atoms with Crippen LogP contribution in [0.3, 0.4) is 0 Å². The first-order valence-electron chi connectivity index (χ1n) is 9.18. The Kier molecular flexibility index (Phi) is 4.65. The summed E-state index contributed by atoms with van der Waals surface area (Å²) in [6.45, 7) is 2.76. The molecule has 1 aliphatic heterocycles. The van der Waals surface area contributed by atoms with E-state index >= 15 is 0 Å². The van der Waals surface area contributed by atoms with Crippen molar-refractivity contribution < 1.29 is 9.59 Å². The lowest BCUT2D eigenvalue weighted by Crippen LogP contribution is -2.33. The third kappa shape index (κ3) is 2.96. The fourth-order valence-corrected chi connectivity index (χ4v) is 5.04. The third-order valence-corrected chi connectivity index (χ3v) is 6.61. The number of rotatable bonds is 4. The van der Waals surface area contributed by atoms with Gasteiger partial charge in [-0.3, -0.25) is 9.59 Å². The molecule has 6 nitrogen and oxygen atoms in total. The Balaban J connectivity index is 1.63. The van der Waals surface area contributed by atoms with E-state index in [1.807, 2.05) is 46.7 Å². The van der Waals surface area contributed by atoms with Crippen LogP contribution >= 0.6 is 11.3 Å². The molecule has 0 spiro atoms. The summed E-state index contributed by atoms with van der Waals surface area (Å²) in [5.74, 6) is -0.421. The van der Waals surface area contributed by atoms with E-state index in [2.05, 4.69) is 6.07 Å². The summed E-state index contributed by atoms with van der Waals surface area (Å²) in [7, 11) is 0. The predicted octanol–water partition coefficient (Wildman–Crippen LogP) is 3.35. The van der Waals surface area contributed by atoms with Crippen molar-refractivity contribution in [2.75, 3.05) is 6.54 Å². The van der Waals surface area contributed by atoms with Crippen LogP contribution < -0.4 is 5.73 Å². The van der Waals surface area contributed by atoms with Gasteiger partial charge in [-0.25, -0.2) is 0 Å². The number of primary amides is 1. The zero-order valence-electron chi connectivity index (χ0n) is 15.5. The number of nitrogens with zero attached hydrogens (tertiary/aromatic N) is 3. The van der Waals surface area contributed by atoms with Crippen molar-refractivity contribution in [3.63, 3.8) is 0 Å². The second kappa shape index (κ2) is 7.13. The molecule has 3 aromatic rings. The number of nitrogens with two attached hydrogens (primary N) is 1. The molecule has 1 aromatic carbocycles. The number of aromatic nitrogens is 1. The quantitative estimate of drug-likeness (QED) is 0.738. The van der Waals surface area contributed by atoms with E-state index in [1.54, 1.807) is 6.07 Å². The van der Waals surface area contributed by atoms with E-state index in [4.69, 9.17) is 5.73 Å². The number of carbonyl (C=O) groups is 2. The number of fused-ring (bicyclic) bond motifs is 1. The maximum atomic E-state index is 13.2. The topological polar surface area (TPSA) is 92.1 Å². The highest BCUT2D eigenvalue weighted by molar-refractivity contribution is 7.14. The van der Waals surface area contributed by atoms with Gasteiger partial charge in [0.15, 0.2) is 0 Å². The first kappa shape index (κ1) is 18.3. The van der Waals surface area contributed by atoms with Crippen molar-refractivity contribution in [1.29, 1.82) is 5.26 Å². The Morgan fingerprint density at radius 1 is 1.29 bits per heavy atom. The van der Waals surface area contributed by atoms with E-state index in [0.29, 0.717) is 17.0 Å². The van der Waals surface area contributed by atoms with Crippen molar-refractivity contribution in [1.82, 2.24) is 9.47 Å². The Bertz CT molecular complexity index is 1120. The van der Waals surface area contributed by atoms with Gasteiger partial charge >= 0.3 is 0 Å². The standard InChI is InChI=1S/C21H20N4O2S/c1-13-15(11-22)14-5-2-3-6-16(14)25(13)12-20(26)24-10-4-7-17(24)18-8-9-19(28-18)21(23)27/h2-3,5-6,8-9,17H,4,7,10,12H2,1H3,(H2,23,27)/t17-/m1/s1. The molecule has 0 unspecified atom stereocenters. The van der Waals surface area contributed by atoms with Gasteiger partial charge in [0, 0.05) is 22.5 Å². The fourth-order valence-electron chi connectivity index (χ4n) is 4.03. The van der Waals surface area contributed by atoms with Gasteiger partial charge in [0.25, 0.3) is 5.91 Å². The number of amides is 2. The molecule has 2 amide bonds. The highest BCUT2D eigenvalue weighted by Crippen LogP contribution is 2.36. The third-order valence-electron chi connectivity index (χ3n) is 5.41. The lowest BCUT2D eigenvalue weighted by atomic mass is 10.1. The first-order valence-corrected chi connectivity index (χ1v) is 10.00. The molecule has 3 heterocycles. The van der Waals surface area contributed by atoms with E-state index in [9.17, 15) is 14.9 Å². The van der Waals surface area contributed by atoms with Crippen molar-refractivity contribution >= 4 is 34.1 Å². The average molecular weight is 392 g/mol. The van der Waals surface area contributed by atoms with Crippen LogP contribution in [0.1, 0.15) is 44.7 Å². The molecule has 0 saturated carbocycles. The molecule has 1 saturated heterocycles. The Morgan fingerprint density at radius 3 is 2.79 bits per heavy atom. The SMILES string of the molecule is Cc1c(C#N)c2ccccc2n1CC(=O)N1CCC[C@@H]1c1ccc(C(N)=O)s1. The summed E-state index contributed by atoms with van der Waals surface area (Å²) in [6, 6.07) is 13.5. The molecule has 1 aliphatic rings. The van der Waals surface area contributed by atoms with Gasteiger partial charge in [0.2, 0.25) is 5.91 Å². The van der Waals surface area contributed by atoms with Gasteiger partial charge in [-0.15, -0.1) is 11.3 Å². The van der Waals surface area contributed by atoms with Crippen molar-refractivity contribution in [2.45, 2.75) is 32.4 Å². The number of hydrogen-bond donors (Lipinski definition) is 1. The second-order valence-electron chi connectivity index (χ2n) is 6.99. The molecule has 28 heavy (non-hydrogen) atoms. The summed E-state index contributed by atoms with van der Waals surface area (Å²) in [5, 5.41) is 10.4. The van der Waals surface area contributed by atoms with Gasteiger partial charge in [0.05, 0.1) is 22.0 Å². The number of nitriles is 1. The summed E-state index contributed by atoms with van der Waals surface area (Å²) in [5.41, 5.74) is 7.69. The van der Waals surface area contributed by atoms with Gasteiger partial charge in [-0.2, -0.15) is 5.26 Å². The molecule has 0 bridgehead atoms. The molecule has 1 atom stereocenters. The van der Waals surface area contributed by atoms with E-state index < -0.39 is 5.91 Å². The van der Waals surface area contributed by atoms with E-state index in [-0.39, 0.29) is 18.5 Å². The molecule has 1 fully saturated rings. The summed E-state index contributed by atoms with van der Waals surface area (Å²) in [4.78, 5) is 28.0. The van der Waals surface area contributed by atoms with Gasteiger partial charge in [-0.05, 0) is 38.0 Å². The fraction of sp³-hybridized carbons (Fsp3) is 0.286. The number of carbonyl (C=O) groups excluding carboxylic acids is 2. The first-order chi connectivity index (χ1) is 13.5. The lowest BCUT2D eigenvalue weighted by Gasteiger charge is -2.24. The van der Waals surface area contributed by atoms with Crippen LogP contribution in [0.15, 0.2) is 36.4 Å². The van der Waals surface area contributed by atoms with E-state index in [0.717, 1.165) is 34.3 Å². The molecule has 142 valence electrons. The molecular formula is C21H20N4O2S. The zero-order chi connectivity index (χ0) is 19.8. The van der Waals surface area contributed by atoms with Crippen LogP contribution in [0.25, 0.3) is 10.9 Å². The normalized spacial score (nSPS) is 16.4. The summed E-state index contributed by atoms with van der Waals surface area (Å²) < 4.78 is 1.93. The minimum atomic E-state index is -0.439. The smallest absolute Gasteiger partial charge is 0.258 e. The van der Waals surface area contributed by atoms with Gasteiger partial charge < -0.3 is 15.2 Å². The molecule has 7 heteroatoms. The second-order valence-corrected chi connectivity index (χ2v) is 8.10. The van der Waals surface area contributed by atoms with Crippen LogP contribution in [0.4, 0.5) is 0 Å². The Hall–Kier alpha value is -3.11. The van der Waals surface area contributed by atoms with Crippen LogP contribution in [-0.2, 0) is 11.3 Å². The maximum absolute atomic E-state index is 13.2. The maximum Gasteiger partial charge on any atom is 0.258 e. The van der Waals surface area contributed by atoms with E-state index in [1.165, 1.54) is 11.3 Å². The number of likely N-dealkylation sites (tertiary alicyclic amines) is 1. The summed E-state index contributed by atoms with van der Waals surface area (Å²) >= 11 is 1.36. The van der Waals surface area contributed by atoms with Crippen molar-refractivity contribution in [3.8, 4) is 6.07 Å². The minimum Gasteiger partial charge on any atom is -0.365 e. The van der Waals surface area contributed by atoms with Crippen LogP contribution in [-0.4, -0.2) is 27.8 Å². The number of hydrogen-bond acceptors (Lipinski definition) is 4. The lowest BCUT2D eigenvalue weighted by molar-refractivity contribution is -0.132. The Labute approximate surface area is 166 Å². The number of benzene rings is 1. The van der Waals surface area contributed by atoms with Crippen LogP contribution in [0.5, 0.6) is 0 Å². The average Bonchev–Trinajstić information content (AvgIpc) is 3.40. The van der Waals surface area contributed by atoms with Crippen molar-refractivity contribution in [3.05, 3.63) is 57.4 Å². The molecular weight excluding hydrogens is 372 g/mol. The number of para-hydroxylation sites is 1. The minimum absolute atomic E-state index is 0.0184. The molecule has 0 radical (unpaired) electrons. The molecule has 4 rings (SSSR count). The van der Waals surface area contributed by atoms with Gasteiger partial charge in [0.1, 0.15) is 12.6 Å². The van der Waals surface area contributed by atoms with Crippen LogP contribution in [0, 0.1) is 18.3 Å². The molecule has 2 aromatic heterocycles. The zero-order valence-corrected chi connectivity index (χ0v) is 16.3. The summed E-state index contributed by atoms with van der Waals surface area (Å²) in [6.07, 6.45) is 1.80. The number of thiophene rings is 1. The predicted molar refractivity (Wildman–Crippen MR) is 108 cm³/mol. The highest BCUT2D eigenvalue weighted by Gasteiger charge is 2.31.